The summed E-state index contributed by atoms with van der Waals surface area (Å²) in [5, 5.41) is 17.7. The molecule has 0 radical (unpaired) electrons. The Kier molecular flexibility index (Phi) is 4.15. The van der Waals surface area contributed by atoms with Gasteiger partial charge >= 0.3 is 5.97 Å². The van der Waals surface area contributed by atoms with Crippen LogP contribution in [0.1, 0.15) is 16.7 Å². The van der Waals surface area contributed by atoms with E-state index < -0.39 is 5.97 Å². The Bertz CT molecular complexity index is 451. The molecule has 1 aromatic carbocycles. The molecule has 16 heavy (non-hydrogen) atoms. The number of ether oxygens (including phenoxy) is 1. The standard InChI is InChI=1S/C11H10ClNO3/c1-16-11-7(4-10(14)15)2-3-8(5-12)9(11)6-13/h2-3H,4-5H2,1H3,(H,14,15). The van der Waals surface area contributed by atoms with Gasteiger partial charge in [0.25, 0.3) is 0 Å². The molecule has 0 aliphatic rings. The zero-order valence-corrected chi connectivity index (χ0v) is 9.41. The number of nitriles is 1. The molecule has 0 atom stereocenters. The first-order valence-electron chi connectivity index (χ1n) is 4.50. The van der Waals surface area contributed by atoms with Crippen molar-refractivity contribution in [1.29, 1.82) is 5.26 Å². The molecule has 5 heteroatoms. The van der Waals surface area contributed by atoms with Crippen molar-refractivity contribution in [1.82, 2.24) is 0 Å². The molecule has 0 aliphatic carbocycles. The van der Waals surface area contributed by atoms with E-state index in [0.29, 0.717) is 22.4 Å². The Labute approximate surface area is 98.0 Å². The molecule has 0 aliphatic heterocycles. The summed E-state index contributed by atoms with van der Waals surface area (Å²) < 4.78 is 5.07. The lowest BCUT2D eigenvalue weighted by Crippen LogP contribution is -2.04. The van der Waals surface area contributed by atoms with Gasteiger partial charge in [-0.1, -0.05) is 12.1 Å². The van der Waals surface area contributed by atoms with Crippen molar-refractivity contribution in [2.45, 2.75) is 12.3 Å². The summed E-state index contributed by atoms with van der Waals surface area (Å²) in [6.45, 7) is 0. The van der Waals surface area contributed by atoms with Crippen molar-refractivity contribution >= 4 is 17.6 Å². The number of hydrogen-bond donors (Lipinski definition) is 1. The second-order valence-electron chi connectivity index (χ2n) is 3.11. The van der Waals surface area contributed by atoms with E-state index in [-0.39, 0.29) is 12.3 Å². The summed E-state index contributed by atoms with van der Waals surface area (Å²) in [4.78, 5) is 10.6. The number of carboxylic acids is 1. The fourth-order valence-electron chi connectivity index (χ4n) is 1.44. The van der Waals surface area contributed by atoms with Crippen molar-refractivity contribution in [3.8, 4) is 11.8 Å². The summed E-state index contributed by atoms with van der Waals surface area (Å²) in [5.74, 6) is -0.490. The number of carboxylic acid groups (broad SMARTS) is 1. The van der Waals surface area contributed by atoms with Crippen molar-refractivity contribution in [2.75, 3.05) is 7.11 Å². The Morgan fingerprint density at radius 2 is 2.19 bits per heavy atom. The van der Waals surface area contributed by atoms with E-state index in [4.69, 9.17) is 26.7 Å². The molecule has 0 aromatic heterocycles. The van der Waals surface area contributed by atoms with Crippen LogP contribution in [0.25, 0.3) is 0 Å². The summed E-state index contributed by atoms with van der Waals surface area (Å²) in [5.41, 5.74) is 1.41. The van der Waals surface area contributed by atoms with Gasteiger partial charge in [-0.3, -0.25) is 4.79 Å². The molecule has 0 spiro atoms. The maximum Gasteiger partial charge on any atom is 0.307 e. The molecule has 0 saturated carbocycles. The van der Waals surface area contributed by atoms with Crippen molar-refractivity contribution in [3.63, 3.8) is 0 Å². The molecule has 0 unspecified atom stereocenters. The zero-order valence-electron chi connectivity index (χ0n) is 8.66. The highest BCUT2D eigenvalue weighted by Crippen LogP contribution is 2.28. The predicted octanol–water partition coefficient (Wildman–Crippen LogP) is 1.93. The first-order chi connectivity index (χ1) is 7.63. The lowest BCUT2D eigenvalue weighted by Gasteiger charge is -2.11. The SMILES string of the molecule is COc1c(CC(=O)O)ccc(CCl)c1C#N. The molecule has 0 amide bonds. The first kappa shape index (κ1) is 12.3. The van der Waals surface area contributed by atoms with Crippen molar-refractivity contribution in [3.05, 3.63) is 28.8 Å². The molecule has 0 heterocycles. The monoisotopic (exact) mass is 239 g/mol. The molecule has 1 rings (SSSR count). The molecule has 84 valence electrons. The topological polar surface area (TPSA) is 70.3 Å². The van der Waals surface area contributed by atoms with Crippen LogP contribution in [0.5, 0.6) is 5.75 Å². The average molecular weight is 240 g/mol. The summed E-state index contributed by atoms with van der Waals surface area (Å²) in [6.07, 6.45) is -0.180. The normalized spacial score (nSPS) is 9.56. The van der Waals surface area contributed by atoms with E-state index in [1.165, 1.54) is 7.11 Å². The van der Waals surface area contributed by atoms with Crippen LogP contribution in [0.15, 0.2) is 12.1 Å². The van der Waals surface area contributed by atoms with Gasteiger partial charge in [0.1, 0.15) is 11.8 Å². The van der Waals surface area contributed by atoms with Gasteiger partial charge in [0.05, 0.1) is 19.1 Å². The highest BCUT2D eigenvalue weighted by Gasteiger charge is 2.15. The lowest BCUT2D eigenvalue weighted by atomic mass is 10.0. The van der Waals surface area contributed by atoms with Gasteiger partial charge in [-0.2, -0.15) is 5.26 Å². The number of rotatable bonds is 4. The summed E-state index contributed by atoms with van der Waals surface area (Å²) in [7, 11) is 1.40. The molecule has 0 fully saturated rings. The van der Waals surface area contributed by atoms with Gasteiger partial charge in [0, 0.05) is 11.4 Å². The highest BCUT2D eigenvalue weighted by molar-refractivity contribution is 6.17. The number of aliphatic carboxylic acids is 1. The van der Waals surface area contributed by atoms with Gasteiger partial charge in [-0.25, -0.2) is 0 Å². The quantitative estimate of drug-likeness (QED) is 0.815. The van der Waals surface area contributed by atoms with Crippen LogP contribution in [-0.2, 0) is 17.1 Å². The van der Waals surface area contributed by atoms with E-state index in [2.05, 4.69) is 0 Å². The number of methoxy groups -OCH3 is 1. The number of hydrogen-bond acceptors (Lipinski definition) is 3. The maximum atomic E-state index is 10.6. The van der Waals surface area contributed by atoms with Crippen LogP contribution in [0.3, 0.4) is 0 Å². The highest BCUT2D eigenvalue weighted by atomic mass is 35.5. The largest absolute Gasteiger partial charge is 0.495 e. The Morgan fingerprint density at radius 1 is 1.56 bits per heavy atom. The lowest BCUT2D eigenvalue weighted by molar-refractivity contribution is -0.136. The van der Waals surface area contributed by atoms with Gasteiger partial charge in [-0.15, -0.1) is 11.6 Å². The smallest absolute Gasteiger partial charge is 0.307 e. The van der Waals surface area contributed by atoms with E-state index >= 15 is 0 Å². The third-order valence-corrected chi connectivity index (χ3v) is 2.42. The van der Waals surface area contributed by atoms with E-state index in [0.717, 1.165) is 0 Å². The van der Waals surface area contributed by atoms with Gasteiger partial charge < -0.3 is 9.84 Å². The second-order valence-corrected chi connectivity index (χ2v) is 3.38. The average Bonchev–Trinajstić information content (AvgIpc) is 2.27. The second kappa shape index (κ2) is 5.38. The van der Waals surface area contributed by atoms with Gasteiger partial charge in [0.15, 0.2) is 0 Å². The van der Waals surface area contributed by atoms with Gasteiger partial charge in [-0.05, 0) is 5.56 Å². The van der Waals surface area contributed by atoms with Crippen LogP contribution < -0.4 is 4.74 Å². The first-order valence-corrected chi connectivity index (χ1v) is 5.04. The molecule has 1 aromatic rings. The van der Waals surface area contributed by atoms with Crippen LogP contribution >= 0.6 is 11.6 Å². The fraction of sp³-hybridized carbons (Fsp3) is 0.273. The summed E-state index contributed by atoms with van der Waals surface area (Å²) >= 11 is 5.67. The molecule has 4 nitrogen and oxygen atoms in total. The minimum absolute atomic E-state index is 0.180. The Morgan fingerprint density at radius 3 is 2.62 bits per heavy atom. The van der Waals surface area contributed by atoms with Crippen LogP contribution in [0.4, 0.5) is 0 Å². The minimum Gasteiger partial charge on any atom is -0.495 e. The fourth-order valence-corrected chi connectivity index (χ4v) is 1.66. The third kappa shape index (κ3) is 2.44. The van der Waals surface area contributed by atoms with E-state index in [9.17, 15) is 4.79 Å². The molecular weight excluding hydrogens is 230 g/mol. The van der Waals surface area contributed by atoms with Crippen LogP contribution in [-0.4, -0.2) is 18.2 Å². The van der Waals surface area contributed by atoms with E-state index in [1.54, 1.807) is 12.1 Å². The predicted molar refractivity (Wildman–Crippen MR) is 58.6 cm³/mol. The molecule has 0 bridgehead atoms. The number of carbonyl (C=O) groups is 1. The van der Waals surface area contributed by atoms with E-state index in [1.807, 2.05) is 6.07 Å². The molecule has 0 saturated heterocycles. The Hall–Kier alpha value is -1.73. The number of nitrogens with zero attached hydrogens (tertiary/aromatic N) is 1. The van der Waals surface area contributed by atoms with Crippen LogP contribution in [0.2, 0.25) is 0 Å². The number of alkyl halides is 1. The zero-order chi connectivity index (χ0) is 12.1. The Balaban J connectivity index is 3.32. The minimum atomic E-state index is -0.971. The molecular formula is C11H10ClNO3. The molecule has 1 N–H and O–H groups in total. The number of halogens is 1. The summed E-state index contributed by atoms with van der Waals surface area (Å²) in [6, 6.07) is 5.24. The van der Waals surface area contributed by atoms with Crippen molar-refractivity contribution < 1.29 is 14.6 Å². The maximum absolute atomic E-state index is 10.6. The van der Waals surface area contributed by atoms with Crippen LogP contribution in [0, 0.1) is 11.3 Å². The van der Waals surface area contributed by atoms with Gasteiger partial charge in [0.2, 0.25) is 0 Å². The van der Waals surface area contributed by atoms with Crippen molar-refractivity contribution in [2.24, 2.45) is 0 Å². The third-order valence-electron chi connectivity index (χ3n) is 2.13. The number of benzene rings is 1.